The van der Waals surface area contributed by atoms with E-state index < -0.39 is 5.60 Å². The maximum atomic E-state index is 14.8. The molecule has 0 spiro atoms. The van der Waals surface area contributed by atoms with E-state index in [1.165, 1.54) is 6.08 Å². The van der Waals surface area contributed by atoms with Crippen molar-refractivity contribution in [2.45, 2.75) is 65.6 Å². The van der Waals surface area contributed by atoms with Crippen LogP contribution in [0.1, 0.15) is 53.2 Å². The number of hydrogen-bond acceptors (Lipinski definition) is 7. The van der Waals surface area contributed by atoms with Crippen molar-refractivity contribution in [2.75, 3.05) is 18.8 Å². The molecule has 2 N–H and O–H groups in total. The van der Waals surface area contributed by atoms with Crippen molar-refractivity contribution in [3.8, 4) is 0 Å². The Morgan fingerprint density at radius 3 is 2.73 bits per heavy atom. The Bertz CT molecular complexity index is 1320. The Morgan fingerprint density at radius 1 is 1.32 bits per heavy atom. The lowest BCUT2D eigenvalue weighted by Gasteiger charge is -2.46. The van der Waals surface area contributed by atoms with Crippen LogP contribution >= 0.6 is 15.9 Å². The molecule has 1 aliphatic carbocycles. The van der Waals surface area contributed by atoms with Crippen LogP contribution in [0.2, 0.25) is 0 Å². The van der Waals surface area contributed by atoms with Gasteiger partial charge in [0.2, 0.25) is 5.95 Å². The molecule has 1 saturated heterocycles. The van der Waals surface area contributed by atoms with E-state index in [-0.39, 0.29) is 23.9 Å². The van der Waals surface area contributed by atoms with Gasteiger partial charge in [0.15, 0.2) is 0 Å². The summed E-state index contributed by atoms with van der Waals surface area (Å²) in [4.78, 5) is 25.0. The summed E-state index contributed by atoms with van der Waals surface area (Å²) in [5.74, 6) is -0.211. The summed E-state index contributed by atoms with van der Waals surface area (Å²) in [6.07, 6.45) is 9.73. The summed E-state index contributed by atoms with van der Waals surface area (Å²) in [7, 11) is 0. The number of likely N-dealkylation sites (tertiary alicyclic amines) is 1. The number of rotatable bonds is 7. The van der Waals surface area contributed by atoms with Crippen molar-refractivity contribution in [1.29, 1.82) is 0 Å². The Kier molecular flexibility index (Phi) is 7.72. The maximum absolute atomic E-state index is 14.8. The van der Waals surface area contributed by atoms with Gasteiger partial charge in [0, 0.05) is 38.0 Å². The summed E-state index contributed by atoms with van der Waals surface area (Å²) in [5.41, 5.74) is 9.05. The number of nitrogens with two attached hydrogens (primary N) is 1. The minimum absolute atomic E-state index is 0.0693. The number of carbonyl (C=O) groups excluding carboxylic acids is 1. The van der Waals surface area contributed by atoms with E-state index in [2.05, 4.69) is 31.0 Å². The van der Waals surface area contributed by atoms with Gasteiger partial charge in [0.25, 0.3) is 0 Å². The smallest absolute Gasteiger partial charge is 0.410 e. The maximum Gasteiger partial charge on any atom is 0.410 e. The van der Waals surface area contributed by atoms with Crippen molar-refractivity contribution in [1.82, 2.24) is 29.5 Å². The van der Waals surface area contributed by atoms with Gasteiger partial charge in [-0.3, -0.25) is 4.68 Å². The molecule has 1 aliphatic heterocycles. The first kappa shape index (κ1) is 26.8. The Balaban J connectivity index is 1.65. The summed E-state index contributed by atoms with van der Waals surface area (Å²) in [5, 5.41) is 4.57. The lowest BCUT2D eigenvalue weighted by atomic mass is 10.0. The number of nitrogen functional groups attached to an aromatic ring is 1. The summed E-state index contributed by atoms with van der Waals surface area (Å²) in [6, 6.07) is -0.0693. The molecule has 198 valence electrons. The molecule has 1 fully saturated rings. The van der Waals surface area contributed by atoms with Gasteiger partial charge in [0.05, 0.1) is 22.4 Å². The zero-order chi connectivity index (χ0) is 26.9. The second kappa shape index (κ2) is 10.6. The number of carbonyl (C=O) groups is 1. The van der Waals surface area contributed by atoms with Crippen molar-refractivity contribution in [3.63, 3.8) is 0 Å². The topological polar surface area (TPSA) is 102 Å². The molecule has 0 atom stereocenters. The van der Waals surface area contributed by atoms with Gasteiger partial charge in [-0.05, 0) is 68.3 Å². The van der Waals surface area contributed by atoms with Crippen LogP contribution in [0.25, 0.3) is 17.1 Å². The zero-order valence-corrected chi connectivity index (χ0v) is 23.4. The van der Waals surface area contributed by atoms with Gasteiger partial charge in [-0.2, -0.15) is 5.10 Å². The number of aryl methyl sites for hydroxylation is 1. The average molecular weight is 574 g/mol. The largest absolute Gasteiger partial charge is 0.443 e. The SMILES string of the molecule is CCn1cc2nc(N)nc(/C=C/N(C3=CC(F)=C(Br)C=C(C)C3)C3CN(C(=O)OC(C)(C)CC)C3)c2n1. The molecule has 0 unspecified atom stereocenters. The minimum Gasteiger partial charge on any atom is -0.443 e. The van der Waals surface area contributed by atoms with E-state index >= 15 is 0 Å². The van der Waals surface area contributed by atoms with Crippen molar-refractivity contribution >= 4 is 45.1 Å². The highest BCUT2D eigenvalue weighted by atomic mass is 79.9. The molecule has 2 aromatic heterocycles. The molecule has 1 amide bonds. The highest BCUT2D eigenvalue weighted by Crippen LogP contribution is 2.32. The lowest BCUT2D eigenvalue weighted by molar-refractivity contribution is -0.0138. The van der Waals surface area contributed by atoms with Crippen molar-refractivity contribution in [3.05, 3.63) is 51.8 Å². The number of hydrogen-bond donors (Lipinski definition) is 1. The summed E-state index contributed by atoms with van der Waals surface area (Å²) in [6.45, 7) is 11.3. The normalized spacial score (nSPS) is 17.1. The Morgan fingerprint density at radius 2 is 2.05 bits per heavy atom. The molecule has 9 nitrogen and oxygen atoms in total. The Labute approximate surface area is 224 Å². The van der Waals surface area contributed by atoms with E-state index in [1.807, 2.05) is 58.0 Å². The number of amides is 1. The highest BCUT2D eigenvalue weighted by molar-refractivity contribution is 9.11. The molecular formula is C26H33BrFN7O2. The predicted octanol–water partition coefficient (Wildman–Crippen LogP) is 5.52. The van der Waals surface area contributed by atoms with Crippen LogP contribution in [0.15, 0.2) is 46.1 Å². The molecule has 11 heteroatoms. The minimum atomic E-state index is -0.534. The summed E-state index contributed by atoms with van der Waals surface area (Å²) >= 11 is 3.31. The van der Waals surface area contributed by atoms with E-state index in [0.29, 0.717) is 53.7 Å². The number of ether oxygens (including phenoxy) is 1. The van der Waals surface area contributed by atoms with Gasteiger partial charge in [0.1, 0.15) is 22.5 Å². The molecule has 37 heavy (non-hydrogen) atoms. The highest BCUT2D eigenvalue weighted by Gasteiger charge is 2.38. The van der Waals surface area contributed by atoms with E-state index in [0.717, 1.165) is 11.3 Å². The zero-order valence-electron chi connectivity index (χ0n) is 21.8. The monoisotopic (exact) mass is 573 g/mol. The van der Waals surface area contributed by atoms with Crippen LogP contribution in [0.3, 0.4) is 0 Å². The molecule has 2 aromatic rings. The van der Waals surface area contributed by atoms with E-state index in [4.69, 9.17) is 10.5 Å². The fourth-order valence-electron chi connectivity index (χ4n) is 4.09. The van der Waals surface area contributed by atoms with Crippen LogP contribution < -0.4 is 5.73 Å². The predicted molar refractivity (Wildman–Crippen MR) is 146 cm³/mol. The molecule has 0 saturated carbocycles. The number of nitrogens with zero attached hydrogens (tertiary/aromatic N) is 6. The van der Waals surface area contributed by atoms with Gasteiger partial charge in [-0.15, -0.1) is 0 Å². The first-order valence-electron chi connectivity index (χ1n) is 12.4. The molecule has 0 bridgehead atoms. The van der Waals surface area contributed by atoms with Crippen LogP contribution in [0.5, 0.6) is 0 Å². The number of aromatic nitrogens is 4. The second-order valence-corrected chi connectivity index (χ2v) is 10.8. The lowest BCUT2D eigenvalue weighted by Crippen LogP contribution is -2.60. The third-order valence-electron chi connectivity index (χ3n) is 6.59. The van der Waals surface area contributed by atoms with Gasteiger partial charge < -0.3 is 20.3 Å². The van der Waals surface area contributed by atoms with Crippen molar-refractivity contribution in [2.24, 2.45) is 0 Å². The average Bonchev–Trinajstić information content (AvgIpc) is 3.16. The van der Waals surface area contributed by atoms with E-state index in [1.54, 1.807) is 15.7 Å². The molecule has 3 heterocycles. The summed E-state index contributed by atoms with van der Waals surface area (Å²) < 4.78 is 22.7. The van der Waals surface area contributed by atoms with Gasteiger partial charge in [-0.1, -0.05) is 12.5 Å². The van der Waals surface area contributed by atoms with Gasteiger partial charge in [-0.25, -0.2) is 19.2 Å². The van der Waals surface area contributed by atoms with Crippen LogP contribution in [-0.2, 0) is 11.3 Å². The Hall–Kier alpha value is -3.21. The number of halogens is 2. The van der Waals surface area contributed by atoms with Crippen LogP contribution in [0.4, 0.5) is 15.1 Å². The number of allylic oxidation sites excluding steroid dienone is 5. The third kappa shape index (κ3) is 6.03. The fourth-order valence-corrected chi connectivity index (χ4v) is 4.59. The standard InChI is InChI=1S/C26H33BrFN7O2/c1-6-26(4,5)37-25(36)33-13-18(14-33)35(17-10-16(3)11-19(27)20(28)12-17)9-8-21-23-22(31-24(29)30-21)15-34(7-2)32-23/h8-9,11-12,15,18H,6-7,10,13-14H2,1-5H3,(H2,29,31)/b9-8+. The first-order chi connectivity index (χ1) is 17.5. The second-order valence-electron chi connectivity index (χ2n) is 9.95. The first-order valence-corrected chi connectivity index (χ1v) is 13.2. The van der Waals surface area contributed by atoms with Crippen molar-refractivity contribution < 1.29 is 13.9 Å². The molecule has 4 rings (SSSR count). The molecular weight excluding hydrogens is 541 g/mol. The number of fused-ring (bicyclic) bond motifs is 1. The fraction of sp³-hybridized carbons (Fsp3) is 0.462. The quantitative estimate of drug-likeness (QED) is 0.465. The number of anilines is 1. The van der Waals surface area contributed by atoms with Crippen LogP contribution in [0, 0.1) is 0 Å². The van der Waals surface area contributed by atoms with Crippen LogP contribution in [-0.4, -0.2) is 60.4 Å². The molecule has 0 radical (unpaired) electrons. The van der Waals surface area contributed by atoms with E-state index in [9.17, 15) is 9.18 Å². The van der Waals surface area contributed by atoms with Gasteiger partial charge >= 0.3 is 6.09 Å². The molecule has 0 aromatic carbocycles. The third-order valence-corrected chi connectivity index (χ3v) is 7.19. The molecule has 2 aliphatic rings.